The number of amides is 2. The third-order valence-electron chi connectivity index (χ3n) is 9.28. The van der Waals surface area contributed by atoms with Crippen molar-refractivity contribution in [1.82, 2.24) is 14.8 Å². The number of likely N-dealkylation sites (tertiary alicyclic amines) is 2. The Bertz CT molecular complexity index is 1770. The Morgan fingerprint density at radius 2 is 1.73 bits per heavy atom. The number of hydrogen-bond donors (Lipinski definition) is 2. The minimum Gasteiger partial charge on any atom is -0.496 e. The van der Waals surface area contributed by atoms with Gasteiger partial charge in [-0.05, 0) is 94.6 Å². The molecule has 6 rings (SSSR count). The van der Waals surface area contributed by atoms with Crippen LogP contribution in [-0.4, -0.2) is 81.5 Å². The highest BCUT2D eigenvalue weighted by Crippen LogP contribution is 2.38. The summed E-state index contributed by atoms with van der Waals surface area (Å²) in [5, 5.41) is 2.85. The van der Waals surface area contributed by atoms with E-state index in [9.17, 15) is 18.0 Å². The van der Waals surface area contributed by atoms with Crippen LogP contribution in [-0.2, 0) is 20.4 Å². The number of fused-ring (bicyclic) bond motifs is 1. The highest BCUT2D eigenvalue weighted by atomic mass is 32.2. The number of benzene rings is 2. The Morgan fingerprint density at radius 3 is 2.42 bits per heavy atom. The second-order valence-electron chi connectivity index (χ2n) is 12.1. The van der Waals surface area contributed by atoms with Crippen molar-refractivity contribution in [3.63, 3.8) is 0 Å². The van der Waals surface area contributed by atoms with Gasteiger partial charge in [0.2, 0.25) is 0 Å². The van der Waals surface area contributed by atoms with E-state index in [1.54, 1.807) is 30.3 Å². The largest absolute Gasteiger partial charge is 0.496 e. The quantitative estimate of drug-likeness (QED) is 0.325. The number of anilines is 1. The van der Waals surface area contributed by atoms with Gasteiger partial charge in [-0.25, -0.2) is 8.42 Å². The normalized spacial score (nSPS) is 19.3. The summed E-state index contributed by atoms with van der Waals surface area (Å²) >= 11 is 0. The number of nitrogens with zero attached hydrogens (tertiary/aromatic N) is 2. The summed E-state index contributed by atoms with van der Waals surface area (Å²) in [6, 6.07) is 9.95. The summed E-state index contributed by atoms with van der Waals surface area (Å²) in [5.41, 5.74) is 4.56. The SMILES string of the molecule is COc1cccc(OC)c1CS(=O)(=O)c1ccc2c(c1)/C(=C/c1[nH]c(C)c(C(=O)N3CCC[C@@H]3CN3CCCC3)c1C)C(=O)N2. The molecule has 0 bridgehead atoms. The standard InChI is InChI=1S/C34H40N4O6S/c1-21-29(35-22(2)32(21)34(40)38-16-8-9-23(38)19-37-14-5-6-15-37)18-26-25-17-24(12-13-28(25)36-33(26)39)45(41,42)20-27-30(43-3)10-7-11-31(27)44-4/h7,10-13,17-18,23,35H,5-6,8-9,14-16,19-20H2,1-4H3,(H,36,39)/b26-18-/t23-/m1/s1. The highest BCUT2D eigenvalue weighted by Gasteiger charge is 2.34. The predicted molar refractivity (Wildman–Crippen MR) is 173 cm³/mol. The summed E-state index contributed by atoms with van der Waals surface area (Å²) in [7, 11) is -0.883. The van der Waals surface area contributed by atoms with Crippen LogP contribution in [0.15, 0.2) is 41.3 Å². The molecule has 3 aliphatic heterocycles. The molecular formula is C34H40N4O6S. The van der Waals surface area contributed by atoms with Gasteiger partial charge in [0.1, 0.15) is 11.5 Å². The van der Waals surface area contributed by atoms with Crippen LogP contribution in [0.5, 0.6) is 11.5 Å². The number of hydrogen-bond acceptors (Lipinski definition) is 7. The van der Waals surface area contributed by atoms with Gasteiger partial charge in [-0.15, -0.1) is 0 Å². The lowest BCUT2D eigenvalue weighted by Gasteiger charge is -2.28. The molecular weight excluding hydrogens is 592 g/mol. The van der Waals surface area contributed by atoms with Gasteiger partial charge < -0.3 is 29.6 Å². The van der Waals surface area contributed by atoms with Crippen molar-refractivity contribution < 1.29 is 27.5 Å². The van der Waals surface area contributed by atoms with E-state index in [0.717, 1.165) is 50.3 Å². The lowest BCUT2D eigenvalue weighted by molar-refractivity contribution is -0.110. The van der Waals surface area contributed by atoms with Gasteiger partial charge in [-0.3, -0.25) is 9.59 Å². The van der Waals surface area contributed by atoms with Crippen molar-refractivity contribution in [2.45, 2.75) is 56.2 Å². The molecule has 1 aromatic heterocycles. The number of sulfone groups is 1. The number of aryl methyl sites for hydroxylation is 1. The first kappa shape index (κ1) is 30.9. The fourth-order valence-corrected chi connectivity index (χ4v) is 8.33. The molecule has 3 aromatic rings. The molecule has 0 radical (unpaired) electrons. The van der Waals surface area contributed by atoms with Crippen molar-refractivity contribution in [2.75, 3.05) is 45.7 Å². The molecule has 1 atom stereocenters. The van der Waals surface area contributed by atoms with Gasteiger partial charge in [0, 0.05) is 41.8 Å². The van der Waals surface area contributed by atoms with E-state index in [1.807, 2.05) is 18.7 Å². The number of methoxy groups -OCH3 is 2. The zero-order valence-corrected chi connectivity index (χ0v) is 27.1. The zero-order valence-electron chi connectivity index (χ0n) is 26.2. The van der Waals surface area contributed by atoms with Crippen LogP contribution in [0.1, 0.15) is 64.1 Å². The fourth-order valence-electron chi connectivity index (χ4n) is 6.93. The van der Waals surface area contributed by atoms with Crippen LogP contribution in [0.25, 0.3) is 11.6 Å². The molecule has 4 heterocycles. The summed E-state index contributed by atoms with van der Waals surface area (Å²) in [6.45, 7) is 7.62. The molecule has 0 aliphatic carbocycles. The molecule has 45 heavy (non-hydrogen) atoms. The van der Waals surface area contributed by atoms with Crippen molar-refractivity contribution in [3.05, 3.63) is 70.0 Å². The Hall–Kier alpha value is -4.09. The van der Waals surface area contributed by atoms with Gasteiger partial charge in [0.25, 0.3) is 11.8 Å². The lowest BCUT2D eigenvalue weighted by Crippen LogP contribution is -2.42. The van der Waals surface area contributed by atoms with E-state index in [1.165, 1.54) is 39.2 Å². The number of H-pyrrole nitrogens is 1. The first-order chi connectivity index (χ1) is 21.6. The van der Waals surface area contributed by atoms with Crippen molar-refractivity contribution >= 4 is 39.0 Å². The van der Waals surface area contributed by atoms with E-state index in [2.05, 4.69) is 15.2 Å². The number of carbonyl (C=O) groups is 2. The molecule has 11 heteroatoms. The molecule has 10 nitrogen and oxygen atoms in total. The first-order valence-corrected chi connectivity index (χ1v) is 17.1. The van der Waals surface area contributed by atoms with Gasteiger partial charge in [-0.2, -0.15) is 0 Å². The molecule has 0 spiro atoms. The van der Waals surface area contributed by atoms with Crippen molar-refractivity contribution in [1.29, 1.82) is 0 Å². The minimum atomic E-state index is -3.85. The minimum absolute atomic E-state index is 0.0176. The Morgan fingerprint density at radius 1 is 1.02 bits per heavy atom. The van der Waals surface area contributed by atoms with Gasteiger partial charge in [0.15, 0.2) is 9.84 Å². The van der Waals surface area contributed by atoms with Crippen molar-refractivity contribution in [2.24, 2.45) is 0 Å². The number of rotatable bonds is 9. The van der Waals surface area contributed by atoms with E-state index in [-0.39, 0.29) is 28.5 Å². The van der Waals surface area contributed by atoms with Crippen LogP contribution >= 0.6 is 0 Å². The summed E-state index contributed by atoms with van der Waals surface area (Å²) in [4.78, 5) is 34.9. The van der Waals surface area contributed by atoms with Crippen molar-refractivity contribution in [3.8, 4) is 11.5 Å². The summed E-state index contributed by atoms with van der Waals surface area (Å²) < 4.78 is 38.1. The monoisotopic (exact) mass is 632 g/mol. The van der Waals surface area contributed by atoms with Crippen LogP contribution in [0.2, 0.25) is 0 Å². The maximum Gasteiger partial charge on any atom is 0.256 e. The molecule has 2 fully saturated rings. The number of carbonyl (C=O) groups excluding carboxylic acids is 2. The van der Waals surface area contributed by atoms with Gasteiger partial charge in [0.05, 0.1) is 41.6 Å². The fraction of sp³-hybridized carbons (Fsp3) is 0.412. The molecule has 2 N–H and O–H groups in total. The summed E-state index contributed by atoms with van der Waals surface area (Å²) in [5.74, 6) is 0.168. The zero-order chi connectivity index (χ0) is 31.9. The number of aromatic amines is 1. The molecule has 238 valence electrons. The Labute approximate surface area is 264 Å². The van der Waals surface area contributed by atoms with E-state index in [4.69, 9.17) is 9.47 Å². The highest BCUT2D eigenvalue weighted by molar-refractivity contribution is 7.90. The van der Waals surface area contributed by atoms with E-state index >= 15 is 0 Å². The lowest BCUT2D eigenvalue weighted by atomic mass is 10.0. The topological polar surface area (TPSA) is 121 Å². The van der Waals surface area contributed by atoms with Gasteiger partial charge >= 0.3 is 0 Å². The molecule has 2 amide bonds. The second-order valence-corrected chi connectivity index (χ2v) is 14.1. The molecule has 0 saturated carbocycles. The number of nitrogens with one attached hydrogen (secondary N) is 2. The Kier molecular flexibility index (Phi) is 8.49. The molecule has 2 aromatic carbocycles. The van der Waals surface area contributed by atoms with E-state index < -0.39 is 9.84 Å². The molecule has 0 unspecified atom stereocenters. The Balaban J connectivity index is 1.29. The van der Waals surface area contributed by atoms with Crippen LogP contribution < -0.4 is 14.8 Å². The first-order valence-electron chi connectivity index (χ1n) is 15.4. The molecule has 2 saturated heterocycles. The number of aromatic nitrogens is 1. The van der Waals surface area contributed by atoms with E-state index in [0.29, 0.717) is 45.1 Å². The maximum atomic E-state index is 13.9. The van der Waals surface area contributed by atoms with Crippen LogP contribution in [0.4, 0.5) is 5.69 Å². The predicted octanol–water partition coefficient (Wildman–Crippen LogP) is 4.82. The average Bonchev–Trinajstić information content (AvgIpc) is 3.81. The average molecular weight is 633 g/mol. The molecule has 3 aliphatic rings. The number of ether oxygens (including phenoxy) is 2. The van der Waals surface area contributed by atoms with Crippen LogP contribution in [0, 0.1) is 13.8 Å². The maximum absolute atomic E-state index is 13.9. The second kappa shape index (κ2) is 12.4. The summed E-state index contributed by atoms with van der Waals surface area (Å²) in [6.07, 6.45) is 6.15. The van der Waals surface area contributed by atoms with Crippen LogP contribution in [0.3, 0.4) is 0 Å². The smallest absolute Gasteiger partial charge is 0.256 e. The third kappa shape index (κ3) is 5.86. The third-order valence-corrected chi connectivity index (χ3v) is 10.9. The van der Waals surface area contributed by atoms with Gasteiger partial charge in [-0.1, -0.05) is 6.07 Å².